The Morgan fingerprint density at radius 2 is 1.80 bits per heavy atom. The van der Waals surface area contributed by atoms with Gasteiger partial charge in [-0.1, -0.05) is 61.5 Å². The van der Waals surface area contributed by atoms with E-state index >= 15 is 0 Å². The first-order valence-corrected chi connectivity index (χ1v) is 13.1. The Morgan fingerprint density at radius 3 is 2.56 bits per heavy atom. The fourth-order valence-corrected chi connectivity index (χ4v) is 4.96. The molecule has 0 fully saturated rings. The number of H-pyrrole nitrogens is 1. The molecule has 0 aliphatic heterocycles. The number of aromatic nitrogens is 6. The molecule has 4 N–H and O–H groups in total. The SMILES string of the molecule is CC[C@H](Nc1ncnc2[nH]cnc12)c1nc2cccc(-c3ccc(CC(=O)NO)cc3)c2c(=O)n1-c1ccccc1. The number of hydrogen-bond acceptors (Lipinski definition) is 8. The molecule has 41 heavy (non-hydrogen) atoms. The van der Waals surface area contributed by atoms with Crippen LogP contribution < -0.4 is 16.4 Å². The van der Waals surface area contributed by atoms with Gasteiger partial charge in [0.25, 0.3) is 5.56 Å². The van der Waals surface area contributed by atoms with Crippen molar-refractivity contribution in [3.05, 3.63) is 107 Å². The van der Waals surface area contributed by atoms with Crippen LogP contribution in [-0.4, -0.2) is 40.6 Å². The van der Waals surface area contributed by atoms with Crippen LogP contribution >= 0.6 is 0 Å². The number of carbonyl (C=O) groups is 1. The number of carbonyl (C=O) groups excluding carboxylic acids is 1. The summed E-state index contributed by atoms with van der Waals surface area (Å²) in [7, 11) is 0. The van der Waals surface area contributed by atoms with E-state index in [2.05, 4.69) is 25.3 Å². The fourth-order valence-electron chi connectivity index (χ4n) is 4.96. The highest BCUT2D eigenvalue weighted by Crippen LogP contribution is 2.30. The number of rotatable bonds is 8. The molecule has 3 heterocycles. The van der Waals surface area contributed by atoms with Crippen molar-refractivity contribution in [2.24, 2.45) is 0 Å². The van der Waals surface area contributed by atoms with Crippen LogP contribution in [0.3, 0.4) is 0 Å². The highest BCUT2D eigenvalue weighted by atomic mass is 16.5. The number of anilines is 1. The third kappa shape index (κ3) is 4.90. The Morgan fingerprint density at radius 1 is 1.00 bits per heavy atom. The van der Waals surface area contributed by atoms with Crippen molar-refractivity contribution in [3.8, 4) is 16.8 Å². The van der Waals surface area contributed by atoms with Gasteiger partial charge in [0.1, 0.15) is 17.7 Å². The third-order valence-electron chi connectivity index (χ3n) is 6.94. The minimum Gasteiger partial charge on any atom is -0.358 e. The summed E-state index contributed by atoms with van der Waals surface area (Å²) >= 11 is 0. The number of para-hydroxylation sites is 1. The van der Waals surface area contributed by atoms with E-state index in [9.17, 15) is 9.59 Å². The molecule has 0 unspecified atom stereocenters. The van der Waals surface area contributed by atoms with E-state index < -0.39 is 5.91 Å². The van der Waals surface area contributed by atoms with Crippen molar-refractivity contribution in [2.45, 2.75) is 25.8 Å². The Labute approximate surface area is 233 Å². The number of aromatic amines is 1. The van der Waals surface area contributed by atoms with Crippen LogP contribution in [0.4, 0.5) is 5.82 Å². The molecular formula is C30H26N8O3. The first-order chi connectivity index (χ1) is 20.1. The molecule has 11 nitrogen and oxygen atoms in total. The summed E-state index contributed by atoms with van der Waals surface area (Å²) in [5.41, 5.74) is 6.17. The van der Waals surface area contributed by atoms with Gasteiger partial charge in [0.15, 0.2) is 11.5 Å². The minimum absolute atomic E-state index is 0.0420. The van der Waals surface area contributed by atoms with Crippen molar-refractivity contribution < 1.29 is 10.0 Å². The van der Waals surface area contributed by atoms with E-state index in [0.717, 1.165) is 16.7 Å². The lowest BCUT2D eigenvalue weighted by molar-refractivity contribution is -0.128. The first-order valence-electron chi connectivity index (χ1n) is 13.1. The molecular weight excluding hydrogens is 520 g/mol. The van der Waals surface area contributed by atoms with Gasteiger partial charge in [0.2, 0.25) is 5.91 Å². The lowest BCUT2D eigenvalue weighted by Crippen LogP contribution is -2.28. The first kappa shape index (κ1) is 25.8. The number of imidazole rings is 1. The summed E-state index contributed by atoms with van der Waals surface area (Å²) in [6.45, 7) is 2.02. The number of nitrogens with one attached hydrogen (secondary N) is 3. The fraction of sp³-hybridized carbons (Fsp3) is 0.133. The molecule has 0 bridgehead atoms. The van der Waals surface area contributed by atoms with Crippen molar-refractivity contribution in [2.75, 3.05) is 5.32 Å². The highest BCUT2D eigenvalue weighted by Gasteiger charge is 2.23. The van der Waals surface area contributed by atoms with Crippen molar-refractivity contribution >= 4 is 33.8 Å². The molecule has 1 amide bonds. The molecule has 0 aliphatic carbocycles. The summed E-state index contributed by atoms with van der Waals surface area (Å²) in [5.74, 6) is 0.584. The van der Waals surface area contributed by atoms with Gasteiger partial charge in [0.05, 0.1) is 35.4 Å². The van der Waals surface area contributed by atoms with Gasteiger partial charge in [-0.25, -0.2) is 25.4 Å². The van der Waals surface area contributed by atoms with Gasteiger partial charge in [-0.3, -0.25) is 19.4 Å². The second-order valence-electron chi connectivity index (χ2n) is 9.48. The summed E-state index contributed by atoms with van der Waals surface area (Å²) in [6.07, 6.45) is 3.68. The number of benzene rings is 3. The Hall–Kier alpha value is -5.42. The summed E-state index contributed by atoms with van der Waals surface area (Å²) in [5, 5.41) is 12.8. The Balaban J connectivity index is 1.52. The molecule has 6 aromatic rings. The summed E-state index contributed by atoms with van der Waals surface area (Å²) < 4.78 is 1.65. The molecule has 0 spiro atoms. The zero-order chi connectivity index (χ0) is 28.3. The van der Waals surface area contributed by atoms with E-state index in [1.807, 2.05) is 67.6 Å². The minimum atomic E-state index is -0.500. The zero-order valence-electron chi connectivity index (χ0n) is 22.1. The van der Waals surface area contributed by atoms with Gasteiger partial charge in [-0.2, -0.15) is 0 Å². The van der Waals surface area contributed by atoms with Gasteiger partial charge in [-0.05, 0) is 41.3 Å². The molecule has 204 valence electrons. The third-order valence-corrected chi connectivity index (χ3v) is 6.94. The van der Waals surface area contributed by atoms with Gasteiger partial charge in [0, 0.05) is 0 Å². The lowest BCUT2D eigenvalue weighted by Gasteiger charge is -2.22. The standard InChI is InChI=1S/C30H26N8O3/c1-2-22(35-28-26-27(32-16-31-26)33-17-34-28)29-36-23-10-6-9-21(19-13-11-18(12-14-19)15-24(39)37-41)25(23)30(40)38(29)20-7-4-3-5-8-20/h3-14,16-17,22,41H,2,15H2,1H3,(H,37,39)(H2,31,32,33,34,35)/t22-/m0/s1. The number of amides is 1. The van der Waals surface area contributed by atoms with Crippen LogP contribution in [-0.2, 0) is 11.2 Å². The normalized spacial score (nSPS) is 12.0. The predicted octanol–water partition coefficient (Wildman–Crippen LogP) is 4.33. The maximum Gasteiger partial charge on any atom is 0.266 e. The lowest BCUT2D eigenvalue weighted by atomic mass is 9.99. The number of fused-ring (bicyclic) bond motifs is 2. The summed E-state index contributed by atoms with van der Waals surface area (Å²) in [4.78, 5) is 47.0. The van der Waals surface area contributed by atoms with E-state index in [1.54, 1.807) is 28.5 Å². The van der Waals surface area contributed by atoms with Crippen molar-refractivity contribution in [1.82, 2.24) is 35.0 Å². The molecule has 6 rings (SSSR count). The molecule has 0 saturated heterocycles. The topological polar surface area (TPSA) is 151 Å². The van der Waals surface area contributed by atoms with E-state index in [4.69, 9.17) is 10.2 Å². The van der Waals surface area contributed by atoms with Gasteiger partial charge in [-0.15, -0.1) is 0 Å². The quantitative estimate of drug-likeness (QED) is 0.163. The smallest absolute Gasteiger partial charge is 0.266 e. The average Bonchev–Trinajstić information content (AvgIpc) is 3.50. The number of hydroxylamine groups is 1. The molecule has 1 atom stereocenters. The Kier molecular flexibility index (Phi) is 6.92. The zero-order valence-corrected chi connectivity index (χ0v) is 22.1. The van der Waals surface area contributed by atoms with Crippen LogP contribution in [0.15, 0.2) is 90.2 Å². The molecule has 0 saturated carbocycles. The average molecular weight is 547 g/mol. The second kappa shape index (κ2) is 11.0. The van der Waals surface area contributed by atoms with Crippen molar-refractivity contribution in [1.29, 1.82) is 0 Å². The summed E-state index contributed by atoms with van der Waals surface area (Å²) in [6, 6.07) is 22.0. The molecule has 3 aromatic carbocycles. The van der Waals surface area contributed by atoms with Crippen LogP contribution in [0.5, 0.6) is 0 Å². The Bertz CT molecular complexity index is 1920. The molecule has 0 aliphatic rings. The van der Waals surface area contributed by atoms with E-state index in [-0.39, 0.29) is 18.0 Å². The molecule has 11 heteroatoms. The van der Waals surface area contributed by atoms with Crippen LogP contribution in [0.2, 0.25) is 0 Å². The highest BCUT2D eigenvalue weighted by molar-refractivity contribution is 5.94. The largest absolute Gasteiger partial charge is 0.358 e. The maximum atomic E-state index is 14.4. The monoisotopic (exact) mass is 546 g/mol. The molecule has 3 aromatic heterocycles. The predicted molar refractivity (Wildman–Crippen MR) is 155 cm³/mol. The van der Waals surface area contributed by atoms with Gasteiger partial charge >= 0.3 is 0 Å². The number of nitrogens with zero attached hydrogens (tertiary/aromatic N) is 5. The van der Waals surface area contributed by atoms with Crippen molar-refractivity contribution in [3.63, 3.8) is 0 Å². The second-order valence-corrected chi connectivity index (χ2v) is 9.48. The van der Waals surface area contributed by atoms with Crippen LogP contribution in [0, 0.1) is 0 Å². The van der Waals surface area contributed by atoms with E-state index in [0.29, 0.717) is 45.8 Å². The van der Waals surface area contributed by atoms with Crippen LogP contribution in [0.1, 0.15) is 30.8 Å². The maximum absolute atomic E-state index is 14.4. The van der Waals surface area contributed by atoms with E-state index in [1.165, 1.54) is 6.33 Å². The van der Waals surface area contributed by atoms with Gasteiger partial charge < -0.3 is 10.3 Å². The van der Waals surface area contributed by atoms with Crippen LogP contribution in [0.25, 0.3) is 38.9 Å². The number of hydrogen-bond donors (Lipinski definition) is 4. The molecule has 0 radical (unpaired) electrons.